The first-order chi connectivity index (χ1) is 12.3. The van der Waals surface area contributed by atoms with Crippen molar-refractivity contribution in [3.05, 3.63) is 67.8 Å². The van der Waals surface area contributed by atoms with Crippen molar-refractivity contribution in [2.24, 2.45) is 0 Å². The van der Waals surface area contributed by atoms with Gasteiger partial charge in [0, 0.05) is 23.9 Å². The largest absolute Gasteiger partial charge is 0.361 e. The fourth-order valence-corrected chi connectivity index (χ4v) is 2.57. The van der Waals surface area contributed by atoms with Crippen molar-refractivity contribution in [2.75, 3.05) is 5.32 Å². The van der Waals surface area contributed by atoms with E-state index in [0.29, 0.717) is 16.3 Å². The molecule has 9 nitrogen and oxygen atoms in total. The molecule has 0 saturated heterocycles. The second-order valence-electron chi connectivity index (χ2n) is 5.30. The highest BCUT2D eigenvalue weighted by molar-refractivity contribution is 6.34. The molecule has 26 heavy (non-hydrogen) atoms. The van der Waals surface area contributed by atoms with E-state index in [9.17, 15) is 14.9 Å². The zero-order chi connectivity index (χ0) is 18.8. The number of nitrogens with zero attached hydrogens (tertiary/aromatic N) is 4. The summed E-state index contributed by atoms with van der Waals surface area (Å²) in [5, 5.41) is 21.8. The molecule has 11 heteroatoms. The lowest BCUT2D eigenvalue weighted by Gasteiger charge is -2.07. The van der Waals surface area contributed by atoms with Crippen molar-refractivity contribution in [3.63, 3.8) is 0 Å². The lowest BCUT2D eigenvalue weighted by atomic mass is 10.1. The first-order valence-corrected chi connectivity index (χ1v) is 7.99. The van der Waals surface area contributed by atoms with E-state index in [4.69, 9.17) is 27.7 Å². The number of anilines is 1. The summed E-state index contributed by atoms with van der Waals surface area (Å²) in [6, 6.07) is 3.74. The van der Waals surface area contributed by atoms with Gasteiger partial charge in [-0.1, -0.05) is 28.4 Å². The Morgan fingerprint density at radius 2 is 2.19 bits per heavy atom. The van der Waals surface area contributed by atoms with Crippen LogP contribution in [-0.4, -0.2) is 25.8 Å². The van der Waals surface area contributed by atoms with Crippen LogP contribution in [0.2, 0.25) is 10.0 Å². The van der Waals surface area contributed by atoms with E-state index in [1.54, 1.807) is 13.1 Å². The quantitative estimate of drug-likeness (QED) is 0.519. The van der Waals surface area contributed by atoms with Crippen LogP contribution in [0.15, 0.2) is 35.1 Å². The number of hydrogen-bond acceptors (Lipinski definition) is 6. The standard InChI is InChI=1S/C15H11Cl2N5O4/c1-8-11(7-21-6-9(16)5-18-21)14(20-26-8)15(23)19-13-4-10(22(24)25)2-3-12(13)17/h2-6H,7H2,1H3,(H,19,23). The topological polar surface area (TPSA) is 116 Å². The Hall–Kier alpha value is -2.91. The van der Waals surface area contributed by atoms with Gasteiger partial charge >= 0.3 is 0 Å². The molecule has 0 aliphatic carbocycles. The zero-order valence-electron chi connectivity index (χ0n) is 13.3. The van der Waals surface area contributed by atoms with Gasteiger partial charge in [0.2, 0.25) is 0 Å². The molecule has 0 fully saturated rings. The van der Waals surface area contributed by atoms with Gasteiger partial charge in [0.25, 0.3) is 11.6 Å². The zero-order valence-corrected chi connectivity index (χ0v) is 14.8. The van der Waals surface area contributed by atoms with Gasteiger partial charge in [0.15, 0.2) is 5.69 Å². The number of non-ortho nitro benzene ring substituents is 1. The summed E-state index contributed by atoms with van der Waals surface area (Å²) in [6.07, 6.45) is 3.06. The molecular formula is C15H11Cl2N5O4. The van der Waals surface area contributed by atoms with Crippen molar-refractivity contribution < 1.29 is 14.2 Å². The minimum atomic E-state index is -0.613. The average molecular weight is 396 g/mol. The number of carbonyl (C=O) groups is 1. The van der Waals surface area contributed by atoms with Crippen LogP contribution in [0.4, 0.5) is 11.4 Å². The maximum atomic E-state index is 12.6. The molecule has 2 heterocycles. The molecule has 2 aromatic heterocycles. The third-order valence-corrected chi connectivity index (χ3v) is 4.06. The highest BCUT2D eigenvalue weighted by atomic mass is 35.5. The second-order valence-corrected chi connectivity index (χ2v) is 6.14. The Morgan fingerprint density at radius 3 is 2.85 bits per heavy atom. The van der Waals surface area contributed by atoms with E-state index in [1.165, 1.54) is 29.1 Å². The minimum Gasteiger partial charge on any atom is -0.361 e. The number of carbonyl (C=O) groups excluding carboxylic acids is 1. The van der Waals surface area contributed by atoms with Gasteiger partial charge in [-0.3, -0.25) is 19.6 Å². The lowest BCUT2D eigenvalue weighted by Crippen LogP contribution is -2.16. The molecule has 0 atom stereocenters. The number of aromatic nitrogens is 3. The molecule has 0 saturated carbocycles. The number of rotatable bonds is 5. The first kappa shape index (κ1) is 17.9. The van der Waals surface area contributed by atoms with Crippen LogP contribution in [0.3, 0.4) is 0 Å². The predicted octanol–water partition coefficient (Wildman–Crippen LogP) is 3.70. The summed E-state index contributed by atoms with van der Waals surface area (Å²) in [4.78, 5) is 22.9. The van der Waals surface area contributed by atoms with Gasteiger partial charge in [-0.2, -0.15) is 5.10 Å². The number of nitrogens with one attached hydrogen (secondary N) is 1. The molecule has 0 bridgehead atoms. The normalized spacial score (nSPS) is 10.7. The average Bonchev–Trinajstić information content (AvgIpc) is 3.16. The van der Waals surface area contributed by atoms with Gasteiger partial charge < -0.3 is 9.84 Å². The van der Waals surface area contributed by atoms with E-state index in [2.05, 4.69) is 15.6 Å². The lowest BCUT2D eigenvalue weighted by molar-refractivity contribution is -0.384. The Labute approximate surface area is 156 Å². The molecule has 1 amide bonds. The van der Waals surface area contributed by atoms with E-state index < -0.39 is 10.8 Å². The molecule has 1 aromatic carbocycles. The summed E-state index contributed by atoms with van der Waals surface area (Å²) >= 11 is 11.8. The maximum absolute atomic E-state index is 12.6. The van der Waals surface area contributed by atoms with Crippen molar-refractivity contribution in [1.82, 2.24) is 14.9 Å². The van der Waals surface area contributed by atoms with E-state index in [1.807, 2.05) is 0 Å². The van der Waals surface area contributed by atoms with E-state index >= 15 is 0 Å². The van der Waals surface area contributed by atoms with Crippen molar-refractivity contribution >= 4 is 40.5 Å². The smallest absolute Gasteiger partial charge is 0.278 e. The third-order valence-electron chi connectivity index (χ3n) is 3.53. The Bertz CT molecular complexity index is 998. The molecule has 0 spiro atoms. The Kier molecular flexibility index (Phi) is 4.92. The fraction of sp³-hybridized carbons (Fsp3) is 0.133. The van der Waals surface area contributed by atoms with Gasteiger partial charge in [0.05, 0.1) is 33.4 Å². The summed E-state index contributed by atoms with van der Waals surface area (Å²) < 4.78 is 6.63. The predicted molar refractivity (Wildman–Crippen MR) is 93.6 cm³/mol. The number of amides is 1. The van der Waals surface area contributed by atoms with Crippen LogP contribution >= 0.6 is 23.2 Å². The van der Waals surface area contributed by atoms with E-state index in [-0.39, 0.29) is 28.6 Å². The molecule has 1 N–H and O–H groups in total. The first-order valence-electron chi connectivity index (χ1n) is 7.23. The SMILES string of the molecule is Cc1onc(C(=O)Nc2cc([N+](=O)[O-])ccc2Cl)c1Cn1cc(Cl)cn1. The monoisotopic (exact) mass is 395 g/mol. The minimum absolute atomic E-state index is 0.0247. The van der Waals surface area contributed by atoms with Crippen LogP contribution in [0.1, 0.15) is 21.8 Å². The summed E-state index contributed by atoms with van der Waals surface area (Å²) in [7, 11) is 0. The number of halogens is 2. The summed E-state index contributed by atoms with van der Waals surface area (Å²) in [5.41, 5.74) is 0.424. The van der Waals surface area contributed by atoms with Crippen LogP contribution in [0, 0.1) is 17.0 Å². The Morgan fingerprint density at radius 1 is 1.42 bits per heavy atom. The number of nitro benzene ring substituents is 1. The highest BCUT2D eigenvalue weighted by Crippen LogP contribution is 2.27. The summed E-state index contributed by atoms with van der Waals surface area (Å²) in [5.74, 6) is -0.176. The van der Waals surface area contributed by atoms with Gasteiger partial charge in [-0.25, -0.2) is 0 Å². The van der Waals surface area contributed by atoms with Crippen LogP contribution in [-0.2, 0) is 6.54 Å². The molecule has 0 aliphatic rings. The van der Waals surface area contributed by atoms with Crippen LogP contribution in [0.5, 0.6) is 0 Å². The third kappa shape index (κ3) is 3.68. The molecule has 0 unspecified atom stereocenters. The van der Waals surface area contributed by atoms with E-state index in [0.717, 1.165) is 0 Å². The molecule has 3 aromatic rings. The number of nitro groups is 1. The number of aryl methyl sites for hydroxylation is 1. The summed E-state index contributed by atoms with van der Waals surface area (Å²) in [6.45, 7) is 1.87. The van der Waals surface area contributed by atoms with Crippen LogP contribution in [0.25, 0.3) is 0 Å². The van der Waals surface area contributed by atoms with Crippen molar-refractivity contribution in [1.29, 1.82) is 0 Å². The maximum Gasteiger partial charge on any atom is 0.278 e. The molecular weight excluding hydrogens is 385 g/mol. The van der Waals surface area contributed by atoms with Gasteiger partial charge in [-0.15, -0.1) is 0 Å². The molecule has 3 rings (SSSR count). The van der Waals surface area contributed by atoms with Crippen LogP contribution < -0.4 is 5.32 Å². The van der Waals surface area contributed by atoms with Gasteiger partial charge in [0.1, 0.15) is 5.76 Å². The van der Waals surface area contributed by atoms with Crippen molar-refractivity contribution in [3.8, 4) is 0 Å². The number of hydrogen-bond donors (Lipinski definition) is 1. The molecule has 0 radical (unpaired) electrons. The number of benzene rings is 1. The molecule has 0 aliphatic heterocycles. The fourth-order valence-electron chi connectivity index (χ4n) is 2.25. The Balaban J connectivity index is 1.87. The highest BCUT2D eigenvalue weighted by Gasteiger charge is 2.22. The van der Waals surface area contributed by atoms with Gasteiger partial charge in [-0.05, 0) is 13.0 Å². The van der Waals surface area contributed by atoms with Crippen molar-refractivity contribution in [2.45, 2.75) is 13.5 Å². The second kappa shape index (κ2) is 7.14. The molecule has 134 valence electrons.